The van der Waals surface area contributed by atoms with Gasteiger partial charge in [-0.25, -0.2) is 8.42 Å². The number of esters is 1. The molecule has 0 aromatic carbocycles. The predicted molar refractivity (Wildman–Crippen MR) is 72.7 cm³/mol. The Morgan fingerprint density at radius 1 is 1.25 bits per heavy atom. The van der Waals surface area contributed by atoms with Gasteiger partial charge in [0.25, 0.3) is 0 Å². The number of likely N-dealkylation sites (tertiary alicyclic amines) is 1. The molecule has 114 valence electrons. The maximum atomic E-state index is 12.3. The Kier molecular flexibility index (Phi) is 4.67. The summed E-state index contributed by atoms with van der Waals surface area (Å²) in [6.45, 7) is 3.05. The van der Waals surface area contributed by atoms with Crippen LogP contribution in [0.25, 0.3) is 0 Å². The van der Waals surface area contributed by atoms with Gasteiger partial charge in [0, 0.05) is 13.1 Å². The Morgan fingerprint density at radius 3 is 2.60 bits per heavy atom. The van der Waals surface area contributed by atoms with Gasteiger partial charge in [-0.15, -0.1) is 0 Å². The van der Waals surface area contributed by atoms with Gasteiger partial charge in [-0.05, 0) is 26.2 Å². The molecular formula is C13H21NO5S. The fourth-order valence-corrected chi connectivity index (χ4v) is 4.61. The number of piperidine rings is 1. The minimum absolute atomic E-state index is 0.0492. The lowest BCUT2D eigenvalue weighted by atomic mass is 9.96. The molecule has 2 atom stereocenters. The number of carbonyl (C=O) groups excluding carboxylic acids is 2. The van der Waals surface area contributed by atoms with E-state index in [0.29, 0.717) is 26.1 Å². The van der Waals surface area contributed by atoms with Crippen molar-refractivity contribution in [1.29, 1.82) is 0 Å². The molecule has 2 rings (SSSR count). The van der Waals surface area contributed by atoms with Crippen LogP contribution in [-0.2, 0) is 24.2 Å². The van der Waals surface area contributed by atoms with Crippen LogP contribution < -0.4 is 0 Å². The van der Waals surface area contributed by atoms with Crippen LogP contribution in [0.5, 0.6) is 0 Å². The number of ether oxygens (including phenoxy) is 1. The van der Waals surface area contributed by atoms with Crippen molar-refractivity contribution in [1.82, 2.24) is 4.90 Å². The molecule has 0 N–H and O–H groups in total. The van der Waals surface area contributed by atoms with Gasteiger partial charge in [0.05, 0.1) is 29.9 Å². The van der Waals surface area contributed by atoms with Crippen molar-refractivity contribution < 1.29 is 22.7 Å². The van der Waals surface area contributed by atoms with Gasteiger partial charge in [0.2, 0.25) is 5.91 Å². The molecule has 2 aliphatic heterocycles. The lowest BCUT2D eigenvalue weighted by Crippen LogP contribution is -2.45. The lowest BCUT2D eigenvalue weighted by molar-refractivity contribution is -0.151. The van der Waals surface area contributed by atoms with Crippen molar-refractivity contribution in [2.45, 2.75) is 26.2 Å². The predicted octanol–water partition coefficient (Wildman–Crippen LogP) is 0.223. The average Bonchev–Trinajstić information content (AvgIpc) is 2.79. The molecule has 2 aliphatic rings. The second-order valence-electron chi connectivity index (χ2n) is 5.48. The monoisotopic (exact) mass is 303 g/mol. The van der Waals surface area contributed by atoms with Gasteiger partial charge in [0.1, 0.15) is 0 Å². The van der Waals surface area contributed by atoms with Crippen LogP contribution in [0.15, 0.2) is 0 Å². The zero-order valence-electron chi connectivity index (χ0n) is 11.7. The van der Waals surface area contributed by atoms with Crippen molar-refractivity contribution in [2.24, 2.45) is 11.8 Å². The molecule has 0 bridgehead atoms. The quantitative estimate of drug-likeness (QED) is 0.697. The Bertz CT molecular complexity index is 487. The first-order valence-corrected chi connectivity index (χ1v) is 8.91. The highest BCUT2D eigenvalue weighted by atomic mass is 32.2. The third-order valence-electron chi connectivity index (χ3n) is 3.93. The maximum Gasteiger partial charge on any atom is 0.310 e. The maximum absolute atomic E-state index is 12.3. The van der Waals surface area contributed by atoms with Crippen LogP contribution in [0.1, 0.15) is 26.2 Å². The molecule has 7 heteroatoms. The third-order valence-corrected chi connectivity index (χ3v) is 5.70. The van der Waals surface area contributed by atoms with Gasteiger partial charge >= 0.3 is 5.97 Å². The Balaban J connectivity index is 1.95. The van der Waals surface area contributed by atoms with Crippen molar-refractivity contribution in [3.63, 3.8) is 0 Å². The lowest BCUT2D eigenvalue weighted by Gasteiger charge is -2.33. The number of rotatable bonds is 3. The van der Waals surface area contributed by atoms with Gasteiger partial charge < -0.3 is 9.64 Å². The van der Waals surface area contributed by atoms with E-state index in [2.05, 4.69) is 0 Å². The number of amides is 1. The van der Waals surface area contributed by atoms with Crippen LogP contribution in [-0.4, -0.2) is 56.4 Å². The highest BCUT2D eigenvalue weighted by Crippen LogP contribution is 2.24. The highest BCUT2D eigenvalue weighted by molar-refractivity contribution is 7.91. The first-order valence-electron chi connectivity index (χ1n) is 7.09. The molecular weight excluding hydrogens is 282 g/mol. The summed E-state index contributed by atoms with van der Waals surface area (Å²) in [7, 11) is -3.06. The normalized spacial score (nSPS) is 29.1. The van der Waals surface area contributed by atoms with E-state index in [0.717, 1.165) is 12.8 Å². The summed E-state index contributed by atoms with van der Waals surface area (Å²) in [5.41, 5.74) is 0. The molecule has 1 amide bonds. The molecule has 2 saturated heterocycles. The van der Waals surface area contributed by atoms with Gasteiger partial charge in [-0.3, -0.25) is 9.59 Å². The van der Waals surface area contributed by atoms with Crippen molar-refractivity contribution in [3.05, 3.63) is 0 Å². The molecule has 2 fully saturated rings. The first kappa shape index (κ1) is 15.3. The molecule has 1 unspecified atom stereocenters. The second-order valence-corrected chi connectivity index (χ2v) is 7.70. The van der Waals surface area contributed by atoms with Crippen molar-refractivity contribution in [3.8, 4) is 0 Å². The summed E-state index contributed by atoms with van der Waals surface area (Å²) < 4.78 is 27.9. The van der Waals surface area contributed by atoms with Crippen molar-refractivity contribution in [2.75, 3.05) is 31.2 Å². The standard InChI is InChI=1S/C13H21NO5S/c1-2-19-13(16)10-4-3-6-14(8-10)12(15)11-5-7-20(17,18)9-11/h10-11H,2-9H2,1H3/t10-,11?/m1/s1. The van der Waals surface area contributed by atoms with E-state index in [1.165, 1.54) is 0 Å². The first-order chi connectivity index (χ1) is 9.43. The summed E-state index contributed by atoms with van der Waals surface area (Å²) in [5.74, 6) is -1.04. The van der Waals surface area contributed by atoms with Crippen LogP contribution in [0.3, 0.4) is 0 Å². The smallest absolute Gasteiger partial charge is 0.310 e. The van der Waals surface area contributed by atoms with E-state index in [4.69, 9.17) is 4.74 Å². The molecule has 6 nitrogen and oxygen atoms in total. The molecule has 0 aromatic rings. The zero-order chi connectivity index (χ0) is 14.8. The van der Waals surface area contributed by atoms with E-state index < -0.39 is 15.8 Å². The van der Waals surface area contributed by atoms with E-state index in [1.807, 2.05) is 0 Å². The van der Waals surface area contributed by atoms with Crippen LogP contribution in [0.4, 0.5) is 0 Å². The highest BCUT2D eigenvalue weighted by Gasteiger charge is 2.37. The number of hydrogen-bond acceptors (Lipinski definition) is 5. The summed E-state index contributed by atoms with van der Waals surface area (Å²) in [6.07, 6.45) is 1.89. The Morgan fingerprint density at radius 2 is 2.00 bits per heavy atom. The molecule has 0 spiro atoms. The van der Waals surface area contributed by atoms with Crippen LogP contribution in [0, 0.1) is 11.8 Å². The van der Waals surface area contributed by atoms with Gasteiger partial charge in [-0.2, -0.15) is 0 Å². The molecule has 0 saturated carbocycles. The number of nitrogens with zero attached hydrogens (tertiary/aromatic N) is 1. The van der Waals surface area contributed by atoms with E-state index in [1.54, 1.807) is 11.8 Å². The summed E-state index contributed by atoms with van der Waals surface area (Å²) in [4.78, 5) is 25.7. The van der Waals surface area contributed by atoms with Gasteiger partial charge in [-0.1, -0.05) is 0 Å². The molecule has 0 aliphatic carbocycles. The number of carbonyl (C=O) groups is 2. The minimum atomic E-state index is -3.06. The summed E-state index contributed by atoms with van der Waals surface area (Å²) >= 11 is 0. The third kappa shape index (κ3) is 3.50. The largest absolute Gasteiger partial charge is 0.466 e. The SMILES string of the molecule is CCOC(=O)[C@@H]1CCCN(C(=O)C2CCS(=O)(=O)C2)C1. The fourth-order valence-electron chi connectivity index (χ4n) is 2.88. The fraction of sp³-hybridized carbons (Fsp3) is 0.846. The van der Waals surface area contributed by atoms with E-state index >= 15 is 0 Å². The zero-order valence-corrected chi connectivity index (χ0v) is 12.5. The minimum Gasteiger partial charge on any atom is -0.466 e. The molecule has 0 radical (unpaired) electrons. The Hall–Kier alpha value is -1.11. The average molecular weight is 303 g/mol. The molecule has 2 heterocycles. The van der Waals surface area contributed by atoms with Crippen LogP contribution in [0.2, 0.25) is 0 Å². The molecule has 0 aromatic heterocycles. The van der Waals surface area contributed by atoms with Crippen LogP contribution >= 0.6 is 0 Å². The summed E-state index contributed by atoms with van der Waals surface area (Å²) in [6, 6.07) is 0. The van der Waals surface area contributed by atoms with Gasteiger partial charge in [0.15, 0.2) is 9.84 Å². The number of hydrogen-bond donors (Lipinski definition) is 0. The van der Waals surface area contributed by atoms with E-state index in [-0.39, 0.29) is 29.3 Å². The molecule has 20 heavy (non-hydrogen) atoms. The second kappa shape index (κ2) is 6.11. The Labute approximate surface area is 119 Å². The van der Waals surface area contributed by atoms with Crippen molar-refractivity contribution >= 4 is 21.7 Å². The summed E-state index contributed by atoms with van der Waals surface area (Å²) in [5, 5.41) is 0. The number of sulfone groups is 1. The topological polar surface area (TPSA) is 80.8 Å². The van der Waals surface area contributed by atoms with E-state index in [9.17, 15) is 18.0 Å².